The molecule has 1 atom stereocenters. The quantitative estimate of drug-likeness (QED) is 0.740. The summed E-state index contributed by atoms with van der Waals surface area (Å²) in [5, 5.41) is 18.1. The summed E-state index contributed by atoms with van der Waals surface area (Å²) >= 11 is 0. The minimum Gasteiger partial charge on any atom is -0.396 e. The minimum absolute atomic E-state index is 0.0739. The van der Waals surface area contributed by atoms with Crippen LogP contribution >= 0.6 is 0 Å². The lowest BCUT2D eigenvalue weighted by Gasteiger charge is -2.10. The molecule has 1 rings (SSSR count). The summed E-state index contributed by atoms with van der Waals surface area (Å²) in [7, 11) is 0. The molecule has 15 heavy (non-hydrogen) atoms. The van der Waals surface area contributed by atoms with E-state index in [4.69, 9.17) is 5.11 Å². The van der Waals surface area contributed by atoms with Crippen LogP contribution < -0.4 is 0 Å². The van der Waals surface area contributed by atoms with Gasteiger partial charge in [0.05, 0.1) is 6.10 Å². The van der Waals surface area contributed by atoms with Gasteiger partial charge in [-0.3, -0.25) is 0 Å². The third kappa shape index (κ3) is 3.57. The van der Waals surface area contributed by atoms with E-state index in [0.717, 1.165) is 12.1 Å². The van der Waals surface area contributed by atoms with E-state index in [9.17, 15) is 13.9 Å². The lowest BCUT2D eigenvalue weighted by molar-refractivity contribution is 0.159. The Morgan fingerprint density at radius 2 is 1.87 bits per heavy atom. The topological polar surface area (TPSA) is 40.5 Å². The molecule has 0 bridgehead atoms. The lowest BCUT2D eigenvalue weighted by atomic mass is 10.0. The summed E-state index contributed by atoms with van der Waals surface area (Å²) in [6.07, 6.45) is 0.884. The highest BCUT2D eigenvalue weighted by molar-refractivity contribution is 5.19. The fourth-order valence-electron chi connectivity index (χ4n) is 1.34. The second-order valence-electron chi connectivity index (χ2n) is 3.41. The van der Waals surface area contributed by atoms with Gasteiger partial charge in [-0.1, -0.05) is 6.07 Å². The van der Waals surface area contributed by atoms with E-state index in [1.165, 1.54) is 6.07 Å². The van der Waals surface area contributed by atoms with E-state index < -0.39 is 17.7 Å². The van der Waals surface area contributed by atoms with Gasteiger partial charge < -0.3 is 10.2 Å². The van der Waals surface area contributed by atoms with Crippen LogP contribution in [0.2, 0.25) is 0 Å². The number of unbranched alkanes of at least 4 members (excludes halogenated alkanes) is 1. The zero-order chi connectivity index (χ0) is 11.3. The van der Waals surface area contributed by atoms with Gasteiger partial charge in [-0.05, 0) is 37.0 Å². The predicted molar refractivity (Wildman–Crippen MR) is 52.3 cm³/mol. The molecule has 1 unspecified atom stereocenters. The van der Waals surface area contributed by atoms with Crippen molar-refractivity contribution >= 4 is 0 Å². The van der Waals surface area contributed by atoms with Crippen molar-refractivity contribution in [3.05, 3.63) is 35.4 Å². The maximum absolute atomic E-state index is 12.8. The summed E-state index contributed by atoms with van der Waals surface area (Å²) < 4.78 is 25.4. The normalized spacial score (nSPS) is 12.8. The Morgan fingerprint density at radius 1 is 1.13 bits per heavy atom. The molecule has 0 saturated heterocycles. The van der Waals surface area contributed by atoms with Crippen molar-refractivity contribution in [2.24, 2.45) is 0 Å². The molecule has 0 spiro atoms. The smallest absolute Gasteiger partial charge is 0.159 e. The van der Waals surface area contributed by atoms with Gasteiger partial charge in [0.2, 0.25) is 0 Å². The zero-order valence-electron chi connectivity index (χ0n) is 8.29. The molecule has 0 radical (unpaired) electrons. The van der Waals surface area contributed by atoms with Crippen molar-refractivity contribution in [1.29, 1.82) is 0 Å². The number of hydrogen-bond donors (Lipinski definition) is 2. The van der Waals surface area contributed by atoms with Gasteiger partial charge in [-0.2, -0.15) is 0 Å². The molecule has 0 aliphatic heterocycles. The second-order valence-corrected chi connectivity index (χ2v) is 3.41. The molecule has 84 valence electrons. The average molecular weight is 216 g/mol. The molecule has 1 aromatic carbocycles. The van der Waals surface area contributed by atoms with Crippen molar-refractivity contribution in [1.82, 2.24) is 0 Å². The highest BCUT2D eigenvalue weighted by atomic mass is 19.2. The summed E-state index contributed by atoms with van der Waals surface area (Å²) in [6.45, 7) is 0.0739. The van der Waals surface area contributed by atoms with Crippen LogP contribution in [0.5, 0.6) is 0 Å². The molecule has 4 heteroatoms. The van der Waals surface area contributed by atoms with Gasteiger partial charge in [0.15, 0.2) is 11.6 Å². The summed E-state index contributed by atoms with van der Waals surface area (Å²) in [5.74, 6) is -1.87. The van der Waals surface area contributed by atoms with Gasteiger partial charge in [-0.25, -0.2) is 8.78 Å². The number of halogens is 2. The first kappa shape index (κ1) is 12.1. The number of hydrogen-bond acceptors (Lipinski definition) is 2. The van der Waals surface area contributed by atoms with E-state index in [0.29, 0.717) is 24.8 Å². The van der Waals surface area contributed by atoms with Crippen molar-refractivity contribution < 1.29 is 19.0 Å². The van der Waals surface area contributed by atoms with E-state index in [1.807, 2.05) is 0 Å². The number of aliphatic hydroxyl groups excluding tert-OH is 2. The molecule has 0 aliphatic carbocycles. The van der Waals surface area contributed by atoms with Crippen LogP contribution in [-0.2, 0) is 0 Å². The first-order valence-electron chi connectivity index (χ1n) is 4.89. The van der Waals surface area contributed by atoms with Crippen LogP contribution in [0.1, 0.15) is 30.9 Å². The number of aliphatic hydroxyl groups is 2. The summed E-state index contributed by atoms with van der Waals surface area (Å²) in [5.41, 5.74) is 0.367. The molecular weight excluding hydrogens is 202 g/mol. The van der Waals surface area contributed by atoms with E-state index >= 15 is 0 Å². The first-order valence-corrected chi connectivity index (χ1v) is 4.89. The molecular formula is C11H14F2O2. The van der Waals surface area contributed by atoms with Crippen LogP contribution in [0.4, 0.5) is 8.78 Å². The zero-order valence-corrected chi connectivity index (χ0v) is 8.29. The lowest BCUT2D eigenvalue weighted by Crippen LogP contribution is -1.99. The Kier molecular flexibility index (Phi) is 4.65. The predicted octanol–water partition coefficient (Wildman–Crippen LogP) is 2.16. The maximum atomic E-state index is 12.8. The highest BCUT2D eigenvalue weighted by Crippen LogP contribution is 2.20. The standard InChI is InChI=1S/C11H14F2O2/c12-9-5-4-8(7-10(9)13)11(15)3-1-2-6-14/h4-5,7,11,14-15H,1-3,6H2. The van der Waals surface area contributed by atoms with Gasteiger partial charge in [0, 0.05) is 6.61 Å². The van der Waals surface area contributed by atoms with E-state index in [2.05, 4.69) is 0 Å². The molecule has 0 heterocycles. The van der Waals surface area contributed by atoms with Crippen LogP contribution in [0.15, 0.2) is 18.2 Å². The molecule has 0 saturated carbocycles. The average Bonchev–Trinajstić information content (AvgIpc) is 2.22. The fraction of sp³-hybridized carbons (Fsp3) is 0.455. The SMILES string of the molecule is OCCCCC(O)c1ccc(F)c(F)c1. The Bertz CT molecular complexity index is 315. The molecule has 2 N–H and O–H groups in total. The monoisotopic (exact) mass is 216 g/mol. The van der Waals surface area contributed by atoms with Gasteiger partial charge in [0.25, 0.3) is 0 Å². The van der Waals surface area contributed by atoms with Gasteiger partial charge in [0.1, 0.15) is 0 Å². The fourth-order valence-corrected chi connectivity index (χ4v) is 1.34. The molecule has 0 aliphatic rings. The number of rotatable bonds is 5. The van der Waals surface area contributed by atoms with Crippen LogP contribution in [0.25, 0.3) is 0 Å². The van der Waals surface area contributed by atoms with Crippen molar-refractivity contribution in [2.75, 3.05) is 6.61 Å². The molecule has 2 nitrogen and oxygen atoms in total. The Morgan fingerprint density at radius 3 is 2.47 bits per heavy atom. The molecule has 0 fully saturated rings. The van der Waals surface area contributed by atoms with Crippen LogP contribution in [-0.4, -0.2) is 16.8 Å². The van der Waals surface area contributed by atoms with Crippen LogP contribution in [0, 0.1) is 11.6 Å². The minimum atomic E-state index is -0.950. The van der Waals surface area contributed by atoms with E-state index in [1.54, 1.807) is 0 Å². The molecule has 1 aromatic rings. The summed E-state index contributed by atoms with van der Waals surface area (Å²) in [4.78, 5) is 0. The maximum Gasteiger partial charge on any atom is 0.159 e. The van der Waals surface area contributed by atoms with Crippen LogP contribution in [0.3, 0.4) is 0 Å². The van der Waals surface area contributed by atoms with E-state index in [-0.39, 0.29) is 6.61 Å². The largest absolute Gasteiger partial charge is 0.396 e. The molecule has 0 aromatic heterocycles. The van der Waals surface area contributed by atoms with Crippen molar-refractivity contribution in [3.63, 3.8) is 0 Å². The Balaban J connectivity index is 2.57. The second kappa shape index (κ2) is 5.78. The third-order valence-corrected chi connectivity index (χ3v) is 2.21. The van der Waals surface area contributed by atoms with Gasteiger partial charge >= 0.3 is 0 Å². The highest BCUT2D eigenvalue weighted by Gasteiger charge is 2.10. The third-order valence-electron chi connectivity index (χ3n) is 2.21. The van der Waals surface area contributed by atoms with Crippen molar-refractivity contribution in [2.45, 2.75) is 25.4 Å². The van der Waals surface area contributed by atoms with Crippen molar-refractivity contribution in [3.8, 4) is 0 Å². The Labute approximate surface area is 87.2 Å². The first-order chi connectivity index (χ1) is 7.15. The summed E-state index contributed by atoms with van der Waals surface area (Å²) in [6, 6.07) is 3.36. The molecule has 0 amide bonds. The Hall–Kier alpha value is -1.00. The van der Waals surface area contributed by atoms with Gasteiger partial charge in [-0.15, -0.1) is 0 Å². The number of benzene rings is 1.